The molecule has 2 aromatic carbocycles. The number of nitrogens with two attached hydrogens (primary N) is 1. The number of anilines is 1. The average Bonchev–Trinajstić information content (AvgIpc) is 2.92. The molecule has 2 nitrogen and oxygen atoms in total. The third kappa shape index (κ3) is 2.42. The smallest absolute Gasteiger partial charge is 0.126 e. The lowest BCUT2D eigenvalue weighted by Gasteiger charge is -2.00. The average molecular weight is 284 g/mol. The molecule has 0 fully saturated rings. The molecule has 0 aliphatic heterocycles. The van der Waals surface area contributed by atoms with Crippen LogP contribution in [0.4, 0.5) is 10.1 Å². The van der Waals surface area contributed by atoms with Gasteiger partial charge in [0.05, 0.1) is 5.69 Å². The van der Waals surface area contributed by atoms with Gasteiger partial charge in [0.1, 0.15) is 10.8 Å². The highest BCUT2D eigenvalue weighted by Gasteiger charge is 2.08. The maximum absolute atomic E-state index is 13.3. The number of aromatic nitrogens is 1. The third-order valence-corrected chi connectivity index (χ3v) is 4.01. The van der Waals surface area contributed by atoms with E-state index in [2.05, 4.69) is 4.98 Å². The number of aryl methyl sites for hydroxylation is 1. The highest BCUT2D eigenvalue weighted by atomic mass is 32.1. The molecule has 3 aromatic rings. The Morgan fingerprint density at radius 2 is 1.75 bits per heavy atom. The minimum absolute atomic E-state index is 0.192. The lowest BCUT2D eigenvalue weighted by atomic mass is 10.1. The van der Waals surface area contributed by atoms with Crippen LogP contribution in [0.3, 0.4) is 0 Å². The van der Waals surface area contributed by atoms with Gasteiger partial charge in [-0.15, -0.1) is 11.3 Å². The van der Waals surface area contributed by atoms with Gasteiger partial charge >= 0.3 is 0 Å². The van der Waals surface area contributed by atoms with Crippen molar-refractivity contribution in [3.05, 3.63) is 59.2 Å². The molecule has 4 heteroatoms. The number of nitrogens with zero attached hydrogens (tertiary/aromatic N) is 1. The number of hydrogen-bond donors (Lipinski definition) is 1. The zero-order valence-electron chi connectivity index (χ0n) is 10.9. The Labute approximate surface area is 120 Å². The molecule has 3 rings (SSSR count). The quantitative estimate of drug-likeness (QED) is 0.703. The van der Waals surface area contributed by atoms with E-state index in [1.807, 2.05) is 35.7 Å². The van der Waals surface area contributed by atoms with E-state index >= 15 is 0 Å². The second kappa shape index (κ2) is 5.06. The number of rotatable bonds is 2. The molecule has 0 bridgehead atoms. The van der Waals surface area contributed by atoms with Crippen LogP contribution in [-0.2, 0) is 0 Å². The molecular formula is C16H13FN2S. The Hall–Kier alpha value is -2.20. The minimum Gasteiger partial charge on any atom is -0.399 e. The van der Waals surface area contributed by atoms with Gasteiger partial charge in [-0.2, -0.15) is 0 Å². The summed E-state index contributed by atoms with van der Waals surface area (Å²) in [6, 6.07) is 12.7. The summed E-state index contributed by atoms with van der Waals surface area (Å²) in [4.78, 5) is 4.61. The first kappa shape index (κ1) is 12.8. The Bertz CT molecular complexity index is 747. The summed E-state index contributed by atoms with van der Waals surface area (Å²) >= 11 is 1.57. The van der Waals surface area contributed by atoms with Crippen molar-refractivity contribution < 1.29 is 4.39 Å². The van der Waals surface area contributed by atoms with Crippen LogP contribution >= 0.6 is 11.3 Å². The Morgan fingerprint density at radius 3 is 2.45 bits per heavy atom. The predicted octanol–water partition coefficient (Wildman–Crippen LogP) is 4.51. The SMILES string of the molecule is Cc1cc(-c2csc(-c3ccc(N)cc3)n2)ccc1F. The van der Waals surface area contributed by atoms with Crippen molar-refractivity contribution in [3.8, 4) is 21.8 Å². The molecular weight excluding hydrogens is 271 g/mol. The molecule has 0 radical (unpaired) electrons. The monoisotopic (exact) mass is 284 g/mol. The summed E-state index contributed by atoms with van der Waals surface area (Å²) < 4.78 is 13.3. The highest BCUT2D eigenvalue weighted by Crippen LogP contribution is 2.29. The summed E-state index contributed by atoms with van der Waals surface area (Å²) in [5.41, 5.74) is 9.88. The van der Waals surface area contributed by atoms with E-state index in [1.54, 1.807) is 24.3 Å². The van der Waals surface area contributed by atoms with Crippen molar-refractivity contribution in [3.63, 3.8) is 0 Å². The Kier molecular flexibility index (Phi) is 3.24. The Balaban J connectivity index is 1.97. The van der Waals surface area contributed by atoms with Crippen molar-refractivity contribution in [2.75, 3.05) is 5.73 Å². The van der Waals surface area contributed by atoms with E-state index in [-0.39, 0.29) is 5.82 Å². The minimum atomic E-state index is -0.192. The van der Waals surface area contributed by atoms with Crippen LogP contribution < -0.4 is 5.73 Å². The molecule has 100 valence electrons. The van der Waals surface area contributed by atoms with E-state index < -0.39 is 0 Å². The molecule has 0 spiro atoms. The molecule has 0 aliphatic rings. The van der Waals surface area contributed by atoms with Gasteiger partial charge in [0.15, 0.2) is 0 Å². The summed E-state index contributed by atoms with van der Waals surface area (Å²) in [6.07, 6.45) is 0. The van der Waals surface area contributed by atoms with Crippen LogP contribution in [0.2, 0.25) is 0 Å². The maximum Gasteiger partial charge on any atom is 0.126 e. The second-order valence-electron chi connectivity index (χ2n) is 4.62. The predicted molar refractivity (Wildman–Crippen MR) is 82.1 cm³/mol. The lowest BCUT2D eigenvalue weighted by Crippen LogP contribution is -1.85. The fraction of sp³-hybridized carbons (Fsp3) is 0.0625. The normalized spacial score (nSPS) is 10.7. The number of thiazole rings is 1. The highest BCUT2D eigenvalue weighted by molar-refractivity contribution is 7.13. The molecule has 1 aromatic heterocycles. The largest absolute Gasteiger partial charge is 0.399 e. The first-order valence-electron chi connectivity index (χ1n) is 6.21. The summed E-state index contributed by atoms with van der Waals surface area (Å²) in [6.45, 7) is 1.76. The van der Waals surface area contributed by atoms with Crippen molar-refractivity contribution in [1.29, 1.82) is 0 Å². The van der Waals surface area contributed by atoms with Gasteiger partial charge < -0.3 is 5.73 Å². The van der Waals surface area contributed by atoms with Gasteiger partial charge in [-0.05, 0) is 55.0 Å². The molecule has 1 heterocycles. The first-order valence-corrected chi connectivity index (χ1v) is 7.09. The lowest BCUT2D eigenvalue weighted by molar-refractivity contribution is 0.619. The molecule has 2 N–H and O–H groups in total. The molecule has 0 amide bonds. The van der Waals surface area contributed by atoms with Crippen LogP contribution in [0.25, 0.3) is 21.8 Å². The molecule has 20 heavy (non-hydrogen) atoms. The zero-order chi connectivity index (χ0) is 14.1. The van der Waals surface area contributed by atoms with Crippen LogP contribution in [0.15, 0.2) is 47.8 Å². The summed E-state index contributed by atoms with van der Waals surface area (Å²) in [5, 5.41) is 2.92. The maximum atomic E-state index is 13.3. The van der Waals surface area contributed by atoms with E-state index in [0.717, 1.165) is 27.5 Å². The van der Waals surface area contributed by atoms with Crippen LogP contribution in [0, 0.1) is 12.7 Å². The second-order valence-corrected chi connectivity index (χ2v) is 5.48. The molecule has 0 atom stereocenters. The van der Waals surface area contributed by atoms with E-state index in [0.29, 0.717) is 5.56 Å². The van der Waals surface area contributed by atoms with Crippen molar-refractivity contribution >= 4 is 17.0 Å². The zero-order valence-corrected chi connectivity index (χ0v) is 11.7. The fourth-order valence-corrected chi connectivity index (χ4v) is 2.80. The summed E-state index contributed by atoms with van der Waals surface area (Å²) in [7, 11) is 0. The van der Waals surface area contributed by atoms with Gasteiger partial charge in [-0.25, -0.2) is 9.37 Å². The number of hydrogen-bond acceptors (Lipinski definition) is 3. The number of benzene rings is 2. The van der Waals surface area contributed by atoms with Crippen molar-refractivity contribution in [2.45, 2.75) is 6.92 Å². The molecule has 0 unspecified atom stereocenters. The fourth-order valence-electron chi connectivity index (χ4n) is 1.97. The first-order chi connectivity index (χ1) is 9.63. The Morgan fingerprint density at radius 1 is 1.05 bits per heavy atom. The molecule has 0 saturated heterocycles. The van der Waals surface area contributed by atoms with Gasteiger partial charge in [0.25, 0.3) is 0 Å². The van der Waals surface area contributed by atoms with Gasteiger partial charge in [-0.1, -0.05) is 0 Å². The van der Waals surface area contributed by atoms with Crippen LogP contribution in [0.5, 0.6) is 0 Å². The van der Waals surface area contributed by atoms with Crippen molar-refractivity contribution in [2.24, 2.45) is 0 Å². The number of nitrogen functional groups attached to an aromatic ring is 1. The van der Waals surface area contributed by atoms with E-state index in [9.17, 15) is 4.39 Å². The molecule has 0 aliphatic carbocycles. The standard InChI is InChI=1S/C16H13FN2S/c1-10-8-12(4-7-14(10)17)15-9-20-16(19-15)11-2-5-13(18)6-3-11/h2-9H,18H2,1H3. The van der Waals surface area contributed by atoms with Crippen LogP contribution in [-0.4, -0.2) is 4.98 Å². The van der Waals surface area contributed by atoms with Crippen molar-refractivity contribution in [1.82, 2.24) is 4.98 Å². The topological polar surface area (TPSA) is 38.9 Å². The third-order valence-electron chi connectivity index (χ3n) is 3.12. The van der Waals surface area contributed by atoms with Gasteiger partial charge in [-0.3, -0.25) is 0 Å². The van der Waals surface area contributed by atoms with Crippen LogP contribution in [0.1, 0.15) is 5.56 Å². The summed E-state index contributed by atoms with van der Waals surface area (Å²) in [5.74, 6) is -0.192. The molecule has 0 saturated carbocycles. The number of halogens is 1. The van der Waals surface area contributed by atoms with Gasteiger partial charge in [0, 0.05) is 22.2 Å². The van der Waals surface area contributed by atoms with Gasteiger partial charge in [0.2, 0.25) is 0 Å². The van der Waals surface area contributed by atoms with E-state index in [1.165, 1.54) is 6.07 Å². The van der Waals surface area contributed by atoms with E-state index in [4.69, 9.17) is 5.73 Å².